The van der Waals surface area contributed by atoms with Gasteiger partial charge in [0.25, 0.3) is 5.91 Å². The Bertz CT molecular complexity index is 1470. The van der Waals surface area contributed by atoms with E-state index in [9.17, 15) is 14.0 Å². The molecule has 1 saturated heterocycles. The van der Waals surface area contributed by atoms with E-state index in [0.29, 0.717) is 48.3 Å². The first-order valence-electron chi connectivity index (χ1n) is 12.2. The summed E-state index contributed by atoms with van der Waals surface area (Å²) in [5, 5.41) is 8.78. The number of benzene rings is 2. The van der Waals surface area contributed by atoms with Crippen molar-refractivity contribution in [2.45, 2.75) is 6.92 Å². The van der Waals surface area contributed by atoms with Gasteiger partial charge in [-0.15, -0.1) is 0 Å². The maximum atomic E-state index is 14.0. The fourth-order valence-electron chi connectivity index (χ4n) is 4.44. The smallest absolute Gasteiger partial charge is 0.358 e. The number of esters is 1. The summed E-state index contributed by atoms with van der Waals surface area (Å²) in [5.74, 6) is -1.07. The van der Waals surface area contributed by atoms with E-state index in [4.69, 9.17) is 16.3 Å². The highest BCUT2D eigenvalue weighted by molar-refractivity contribution is 6.32. The number of anilines is 1. The van der Waals surface area contributed by atoms with Crippen LogP contribution in [0.2, 0.25) is 5.15 Å². The third-order valence-corrected chi connectivity index (χ3v) is 6.89. The van der Waals surface area contributed by atoms with E-state index in [1.807, 2.05) is 24.3 Å². The Labute approximate surface area is 224 Å². The lowest BCUT2D eigenvalue weighted by atomic mass is 10.1. The highest BCUT2D eigenvalue weighted by atomic mass is 35.5. The van der Waals surface area contributed by atoms with Gasteiger partial charge in [0.1, 0.15) is 11.0 Å². The predicted octanol–water partition coefficient (Wildman–Crippen LogP) is 4.20. The highest BCUT2D eigenvalue weighted by Gasteiger charge is 2.25. The molecule has 3 heterocycles. The normalized spacial score (nSPS) is 13.6. The SMILES string of the molecule is CCOC(=O)c1cc(-c2ccc(N3CCN(C(=O)c4cnn(C)c4Cl)CC3)cc2)n(-c2cccc(F)c2)n1. The number of nitrogens with zero attached hydrogens (tertiary/aromatic N) is 6. The summed E-state index contributed by atoms with van der Waals surface area (Å²) in [4.78, 5) is 29.2. The molecule has 196 valence electrons. The molecule has 0 spiro atoms. The first-order chi connectivity index (χ1) is 18.4. The Balaban J connectivity index is 1.34. The minimum atomic E-state index is -0.541. The van der Waals surface area contributed by atoms with Crippen molar-refractivity contribution in [3.05, 3.63) is 83.0 Å². The fraction of sp³-hybridized carbons (Fsp3) is 0.259. The van der Waals surface area contributed by atoms with Crippen LogP contribution in [0.4, 0.5) is 10.1 Å². The first kappa shape index (κ1) is 25.5. The van der Waals surface area contributed by atoms with Crippen molar-refractivity contribution in [1.82, 2.24) is 24.5 Å². The molecule has 0 radical (unpaired) electrons. The summed E-state index contributed by atoms with van der Waals surface area (Å²) in [5.41, 5.74) is 3.49. The molecule has 0 bridgehead atoms. The molecule has 1 aliphatic rings. The van der Waals surface area contributed by atoms with E-state index >= 15 is 0 Å². The maximum absolute atomic E-state index is 14.0. The van der Waals surface area contributed by atoms with Crippen molar-refractivity contribution in [3.63, 3.8) is 0 Å². The highest BCUT2D eigenvalue weighted by Crippen LogP contribution is 2.28. The lowest BCUT2D eigenvalue weighted by Crippen LogP contribution is -2.48. The van der Waals surface area contributed by atoms with Gasteiger partial charge >= 0.3 is 5.97 Å². The Morgan fingerprint density at radius 2 is 1.76 bits per heavy atom. The average molecular weight is 537 g/mol. The Morgan fingerprint density at radius 1 is 1.03 bits per heavy atom. The zero-order valence-corrected chi connectivity index (χ0v) is 21.7. The van der Waals surface area contributed by atoms with E-state index in [1.54, 1.807) is 37.1 Å². The van der Waals surface area contributed by atoms with E-state index < -0.39 is 11.8 Å². The van der Waals surface area contributed by atoms with E-state index in [0.717, 1.165) is 11.3 Å². The zero-order chi connectivity index (χ0) is 26.8. The number of amides is 1. The van der Waals surface area contributed by atoms with Gasteiger partial charge in [-0.05, 0) is 43.3 Å². The summed E-state index contributed by atoms with van der Waals surface area (Å²) < 4.78 is 22.1. The van der Waals surface area contributed by atoms with Crippen molar-refractivity contribution in [1.29, 1.82) is 0 Å². The summed E-state index contributed by atoms with van der Waals surface area (Å²) in [6.07, 6.45) is 1.50. The van der Waals surface area contributed by atoms with Gasteiger partial charge < -0.3 is 14.5 Å². The molecule has 5 rings (SSSR count). The van der Waals surface area contributed by atoms with E-state index in [-0.39, 0.29) is 18.2 Å². The van der Waals surface area contributed by atoms with Crippen LogP contribution in [0, 0.1) is 5.82 Å². The molecule has 0 atom stereocenters. The molecule has 0 N–H and O–H groups in total. The maximum Gasteiger partial charge on any atom is 0.358 e. The van der Waals surface area contributed by atoms with Crippen molar-refractivity contribution in [2.24, 2.45) is 7.05 Å². The number of carbonyl (C=O) groups excluding carboxylic acids is 2. The van der Waals surface area contributed by atoms with Gasteiger partial charge in [0.05, 0.1) is 29.7 Å². The van der Waals surface area contributed by atoms with Crippen LogP contribution in [-0.2, 0) is 11.8 Å². The molecule has 2 aromatic heterocycles. The van der Waals surface area contributed by atoms with Crippen LogP contribution >= 0.6 is 11.6 Å². The topological polar surface area (TPSA) is 85.5 Å². The summed E-state index contributed by atoms with van der Waals surface area (Å²) >= 11 is 6.20. The van der Waals surface area contributed by atoms with Crippen LogP contribution in [-0.4, -0.2) is 69.1 Å². The van der Waals surface area contributed by atoms with Gasteiger partial charge in [0, 0.05) is 44.5 Å². The standard InChI is InChI=1S/C27H26ClFN6O3/c1-3-38-27(37)23-16-24(35(31-23)21-6-4-5-19(29)15-21)18-7-9-20(10-8-18)33-11-13-34(14-12-33)26(36)22-17-30-32(2)25(22)28/h4-10,15-17H,3,11-14H2,1-2H3. The molecule has 0 saturated carbocycles. The second-order valence-corrected chi connectivity index (χ2v) is 9.18. The number of rotatable bonds is 6. The minimum Gasteiger partial charge on any atom is -0.461 e. The molecule has 9 nitrogen and oxygen atoms in total. The van der Waals surface area contributed by atoms with Gasteiger partial charge in [-0.2, -0.15) is 10.2 Å². The molecule has 2 aromatic carbocycles. The fourth-order valence-corrected chi connectivity index (χ4v) is 4.62. The van der Waals surface area contributed by atoms with Crippen molar-refractivity contribution in [3.8, 4) is 16.9 Å². The third-order valence-electron chi connectivity index (χ3n) is 6.44. The van der Waals surface area contributed by atoms with Gasteiger partial charge in [0.15, 0.2) is 5.69 Å². The summed E-state index contributed by atoms with van der Waals surface area (Å²) in [6.45, 7) is 4.39. The Hall–Kier alpha value is -4.18. The number of aromatic nitrogens is 4. The molecule has 0 aliphatic carbocycles. The molecule has 1 aliphatic heterocycles. The Morgan fingerprint density at radius 3 is 2.39 bits per heavy atom. The van der Waals surface area contributed by atoms with Crippen LogP contribution in [0.5, 0.6) is 0 Å². The number of hydrogen-bond acceptors (Lipinski definition) is 6. The van der Waals surface area contributed by atoms with Crippen LogP contribution in [0.1, 0.15) is 27.8 Å². The molecule has 38 heavy (non-hydrogen) atoms. The minimum absolute atomic E-state index is 0.124. The van der Waals surface area contributed by atoms with Gasteiger partial charge in [-0.1, -0.05) is 29.8 Å². The average Bonchev–Trinajstić information content (AvgIpc) is 3.53. The van der Waals surface area contributed by atoms with Crippen LogP contribution in [0.15, 0.2) is 60.8 Å². The van der Waals surface area contributed by atoms with Crippen molar-refractivity contribution < 1.29 is 18.7 Å². The number of hydrogen-bond donors (Lipinski definition) is 0. The molecular weight excluding hydrogens is 511 g/mol. The van der Waals surface area contributed by atoms with Crippen LogP contribution in [0.3, 0.4) is 0 Å². The third kappa shape index (κ3) is 4.99. The van der Waals surface area contributed by atoms with Crippen LogP contribution in [0.25, 0.3) is 16.9 Å². The van der Waals surface area contributed by atoms with Crippen LogP contribution < -0.4 is 4.90 Å². The number of carbonyl (C=O) groups is 2. The number of piperazine rings is 1. The summed E-state index contributed by atoms with van der Waals surface area (Å²) in [7, 11) is 1.70. The number of aryl methyl sites for hydroxylation is 1. The molecule has 1 fully saturated rings. The number of halogens is 2. The van der Waals surface area contributed by atoms with Crippen molar-refractivity contribution >= 4 is 29.2 Å². The van der Waals surface area contributed by atoms with Gasteiger partial charge in [-0.3, -0.25) is 9.48 Å². The molecular formula is C27H26ClFN6O3. The van der Waals surface area contributed by atoms with Crippen molar-refractivity contribution in [2.75, 3.05) is 37.7 Å². The quantitative estimate of drug-likeness (QED) is 0.343. The predicted molar refractivity (Wildman–Crippen MR) is 141 cm³/mol. The first-order valence-corrected chi connectivity index (χ1v) is 12.6. The summed E-state index contributed by atoms with van der Waals surface area (Å²) in [6, 6.07) is 15.5. The lowest BCUT2D eigenvalue weighted by molar-refractivity contribution is 0.0518. The molecule has 11 heteroatoms. The van der Waals surface area contributed by atoms with E-state index in [1.165, 1.54) is 27.7 Å². The molecule has 4 aromatic rings. The molecule has 0 unspecified atom stereocenters. The zero-order valence-electron chi connectivity index (χ0n) is 21.0. The number of ether oxygens (including phenoxy) is 1. The second kappa shape index (κ2) is 10.7. The second-order valence-electron chi connectivity index (χ2n) is 8.83. The van der Waals surface area contributed by atoms with Gasteiger partial charge in [0.2, 0.25) is 0 Å². The lowest BCUT2D eigenvalue weighted by Gasteiger charge is -2.36. The molecule has 1 amide bonds. The van der Waals surface area contributed by atoms with E-state index in [2.05, 4.69) is 15.1 Å². The van der Waals surface area contributed by atoms with Gasteiger partial charge in [-0.25, -0.2) is 13.9 Å². The largest absolute Gasteiger partial charge is 0.461 e. The monoisotopic (exact) mass is 536 g/mol. The Kier molecular flexibility index (Phi) is 7.15.